The smallest absolute Gasteiger partial charge is 0.123 e. The van der Waals surface area contributed by atoms with Crippen LogP contribution in [0, 0.1) is 5.82 Å². The van der Waals surface area contributed by atoms with Crippen LogP contribution in [-0.4, -0.2) is 19.3 Å². The van der Waals surface area contributed by atoms with Crippen molar-refractivity contribution in [1.82, 2.24) is 5.43 Å². The Morgan fingerprint density at radius 2 is 2.18 bits per heavy atom. The molecule has 0 aromatic heterocycles. The minimum atomic E-state index is -0.205. The lowest BCUT2D eigenvalue weighted by Gasteiger charge is -2.18. The lowest BCUT2D eigenvalue weighted by molar-refractivity contribution is 0.106. The summed E-state index contributed by atoms with van der Waals surface area (Å²) in [6, 6.07) is 6.77. The maximum absolute atomic E-state index is 13.0. The molecule has 0 aliphatic carbocycles. The number of nitrogens with two attached hydrogens (primary N) is 1. The third kappa shape index (κ3) is 5.26. The van der Waals surface area contributed by atoms with Crippen LogP contribution in [0.2, 0.25) is 0 Å². The van der Waals surface area contributed by atoms with E-state index in [0.29, 0.717) is 0 Å². The molecule has 0 heterocycles. The van der Waals surface area contributed by atoms with Gasteiger partial charge in [0.1, 0.15) is 5.82 Å². The first-order valence-corrected chi connectivity index (χ1v) is 5.89. The molecule has 0 saturated carbocycles. The van der Waals surface area contributed by atoms with Crippen LogP contribution >= 0.6 is 0 Å². The van der Waals surface area contributed by atoms with Gasteiger partial charge < -0.3 is 4.74 Å². The fraction of sp³-hybridized carbons (Fsp3) is 0.538. The maximum atomic E-state index is 13.0. The van der Waals surface area contributed by atoms with E-state index >= 15 is 0 Å². The molecule has 17 heavy (non-hydrogen) atoms. The quantitative estimate of drug-likeness (QED) is 0.566. The molecule has 0 spiro atoms. The second-order valence-corrected chi connectivity index (χ2v) is 4.32. The largest absolute Gasteiger partial charge is 0.382 e. The average Bonchev–Trinajstić information content (AvgIpc) is 2.34. The van der Waals surface area contributed by atoms with Crippen molar-refractivity contribution >= 4 is 0 Å². The molecule has 1 aromatic rings. The highest BCUT2D eigenvalue weighted by molar-refractivity contribution is 5.17. The summed E-state index contributed by atoms with van der Waals surface area (Å²) in [4.78, 5) is 0. The van der Waals surface area contributed by atoms with Crippen molar-refractivity contribution in [3.05, 3.63) is 35.6 Å². The van der Waals surface area contributed by atoms with E-state index in [-0.39, 0.29) is 18.0 Å². The summed E-state index contributed by atoms with van der Waals surface area (Å²) in [5.74, 6) is 5.30. The molecule has 3 nitrogen and oxygen atoms in total. The van der Waals surface area contributed by atoms with Crippen LogP contribution in [0.3, 0.4) is 0 Å². The van der Waals surface area contributed by atoms with Crippen molar-refractivity contribution in [2.24, 2.45) is 5.84 Å². The Morgan fingerprint density at radius 1 is 1.41 bits per heavy atom. The Kier molecular flexibility index (Phi) is 6.11. The van der Waals surface area contributed by atoms with E-state index in [2.05, 4.69) is 5.43 Å². The maximum Gasteiger partial charge on any atom is 0.123 e. The van der Waals surface area contributed by atoms with Gasteiger partial charge in [0.05, 0.1) is 6.10 Å². The second-order valence-electron chi connectivity index (χ2n) is 4.32. The third-order valence-electron chi connectivity index (χ3n) is 2.93. The minimum absolute atomic E-state index is 0.148. The summed E-state index contributed by atoms with van der Waals surface area (Å²) in [6.45, 7) is 2.02. The first-order valence-electron chi connectivity index (χ1n) is 5.89. The fourth-order valence-corrected chi connectivity index (χ4v) is 1.75. The number of hydrogen-bond donors (Lipinski definition) is 2. The Labute approximate surface area is 102 Å². The molecule has 2 atom stereocenters. The van der Waals surface area contributed by atoms with Gasteiger partial charge in [0, 0.05) is 13.2 Å². The van der Waals surface area contributed by atoms with Gasteiger partial charge in [-0.2, -0.15) is 0 Å². The SMILES string of the molecule is COC(C)CCC(Cc1cccc(F)c1)NN. The van der Waals surface area contributed by atoms with Gasteiger partial charge in [0.2, 0.25) is 0 Å². The molecule has 3 N–H and O–H groups in total. The summed E-state index contributed by atoms with van der Waals surface area (Å²) in [6.07, 6.45) is 2.78. The molecule has 0 bridgehead atoms. The van der Waals surface area contributed by atoms with Gasteiger partial charge >= 0.3 is 0 Å². The van der Waals surface area contributed by atoms with E-state index in [1.807, 2.05) is 13.0 Å². The molecular weight excluding hydrogens is 219 g/mol. The topological polar surface area (TPSA) is 47.3 Å². The van der Waals surface area contributed by atoms with E-state index in [9.17, 15) is 4.39 Å². The molecule has 0 amide bonds. The molecular formula is C13H21FN2O. The Balaban J connectivity index is 2.46. The number of hydrogen-bond acceptors (Lipinski definition) is 3. The standard InChI is InChI=1S/C13H21FN2O/c1-10(17-2)6-7-13(16-15)9-11-4-3-5-12(14)8-11/h3-5,8,10,13,16H,6-7,9,15H2,1-2H3. The molecule has 2 unspecified atom stereocenters. The van der Waals surface area contributed by atoms with Crippen molar-refractivity contribution in [2.75, 3.05) is 7.11 Å². The molecule has 0 aliphatic rings. The highest BCUT2D eigenvalue weighted by Gasteiger charge is 2.10. The normalized spacial score (nSPS) is 14.6. The molecule has 1 rings (SSSR count). The van der Waals surface area contributed by atoms with Crippen LogP contribution in [0.1, 0.15) is 25.3 Å². The molecule has 1 aromatic carbocycles. The van der Waals surface area contributed by atoms with Crippen molar-refractivity contribution < 1.29 is 9.13 Å². The van der Waals surface area contributed by atoms with E-state index in [1.54, 1.807) is 19.2 Å². The van der Waals surface area contributed by atoms with Gasteiger partial charge in [-0.05, 0) is 43.9 Å². The van der Waals surface area contributed by atoms with Gasteiger partial charge in [-0.25, -0.2) is 4.39 Å². The average molecular weight is 240 g/mol. The highest BCUT2D eigenvalue weighted by atomic mass is 19.1. The first-order chi connectivity index (χ1) is 8.15. The number of ether oxygens (including phenoxy) is 1. The van der Waals surface area contributed by atoms with Crippen LogP contribution in [0.4, 0.5) is 4.39 Å². The van der Waals surface area contributed by atoms with E-state index < -0.39 is 0 Å². The molecule has 0 radical (unpaired) electrons. The van der Waals surface area contributed by atoms with Crippen molar-refractivity contribution in [3.63, 3.8) is 0 Å². The van der Waals surface area contributed by atoms with Gasteiger partial charge in [-0.3, -0.25) is 11.3 Å². The predicted molar refractivity (Wildman–Crippen MR) is 66.9 cm³/mol. The van der Waals surface area contributed by atoms with Crippen LogP contribution in [0.15, 0.2) is 24.3 Å². The summed E-state index contributed by atoms with van der Waals surface area (Å²) in [5.41, 5.74) is 3.73. The van der Waals surface area contributed by atoms with E-state index in [0.717, 1.165) is 24.8 Å². The highest BCUT2D eigenvalue weighted by Crippen LogP contribution is 2.11. The second kappa shape index (κ2) is 7.37. The van der Waals surface area contributed by atoms with Crippen molar-refractivity contribution in [3.8, 4) is 0 Å². The van der Waals surface area contributed by atoms with Crippen LogP contribution < -0.4 is 11.3 Å². The minimum Gasteiger partial charge on any atom is -0.382 e. The molecule has 4 heteroatoms. The number of nitrogens with one attached hydrogen (secondary N) is 1. The van der Waals surface area contributed by atoms with Gasteiger partial charge in [0.25, 0.3) is 0 Å². The lowest BCUT2D eigenvalue weighted by Crippen LogP contribution is -2.37. The van der Waals surface area contributed by atoms with E-state index in [4.69, 9.17) is 10.6 Å². The van der Waals surface area contributed by atoms with Gasteiger partial charge in [0.15, 0.2) is 0 Å². The zero-order valence-corrected chi connectivity index (χ0v) is 10.4. The van der Waals surface area contributed by atoms with Gasteiger partial charge in [-0.15, -0.1) is 0 Å². The molecule has 0 aliphatic heterocycles. The zero-order valence-electron chi connectivity index (χ0n) is 10.4. The zero-order chi connectivity index (χ0) is 12.7. The molecule has 96 valence electrons. The van der Waals surface area contributed by atoms with Crippen LogP contribution in [0.25, 0.3) is 0 Å². The number of methoxy groups -OCH3 is 1. The molecule has 0 fully saturated rings. The number of hydrazine groups is 1. The summed E-state index contributed by atoms with van der Waals surface area (Å²) in [7, 11) is 1.70. The van der Waals surface area contributed by atoms with E-state index in [1.165, 1.54) is 6.07 Å². The summed E-state index contributed by atoms with van der Waals surface area (Å²) >= 11 is 0. The van der Waals surface area contributed by atoms with Crippen LogP contribution in [-0.2, 0) is 11.2 Å². The summed E-state index contributed by atoms with van der Waals surface area (Å²) in [5, 5.41) is 0. The Morgan fingerprint density at radius 3 is 2.76 bits per heavy atom. The number of halogens is 1. The van der Waals surface area contributed by atoms with Crippen LogP contribution in [0.5, 0.6) is 0 Å². The molecule has 0 saturated heterocycles. The lowest BCUT2D eigenvalue weighted by atomic mass is 10.0. The third-order valence-corrected chi connectivity index (χ3v) is 2.93. The Bertz CT molecular complexity index is 333. The van der Waals surface area contributed by atoms with Crippen molar-refractivity contribution in [1.29, 1.82) is 0 Å². The number of rotatable bonds is 7. The number of benzene rings is 1. The monoisotopic (exact) mass is 240 g/mol. The van der Waals surface area contributed by atoms with Gasteiger partial charge in [-0.1, -0.05) is 12.1 Å². The first kappa shape index (κ1) is 14.1. The predicted octanol–water partition coefficient (Wildman–Crippen LogP) is 2.02. The summed E-state index contributed by atoms with van der Waals surface area (Å²) < 4.78 is 18.2. The Hall–Kier alpha value is -0.970. The fourth-order valence-electron chi connectivity index (χ4n) is 1.75. The van der Waals surface area contributed by atoms with Crippen molar-refractivity contribution in [2.45, 2.75) is 38.3 Å².